The molecule has 0 unspecified atom stereocenters. The number of thioether (sulfide) groups is 1. The van der Waals surface area contributed by atoms with Gasteiger partial charge in [-0.3, -0.25) is 14.5 Å². The molecule has 7 heteroatoms. The molecule has 3 rings (SSSR count). The number of nitrogens with zero attached hydrogens (tertiary/aromatic N) is 1. The lowest BCUT2D eigenvalue weighted by Gasteiger charge is -2.15. The van der Waals surface area contributed by atoms with Crippen molar-refractivity contribution in [2.75, 3.05) is 13.2 Å². The Hall–Kier alpha value is -2.26. The molecule has 1 heterocycles. The van der Waals surface area contributed by atoms with Crippen LogP contribution in [-0.4, -0.2) is 29.2 Å². The number of aryl methyl sites for hydroxylation is 1. The number of ether oxygens (including phenoxy) is 2. The van der Waals surface area contributed by atoms with Gasteiger partial charge in [0.25, 0.3) is 11.1 Å². The standard InChI is InChI=1S/C23H22INO4S/c1-4-10-25-22(26)20(30-23(25)27)13-17-11-18(24)21(19(12-17)28-5-2)29-14-16-8-6-15(3)7-9-16/h4,6-9,11-13H,1,5,10,14H2,2-3H3/b20-13+. The molecule has 1 saturated heterocycles. The van der Waals surface area contributed by atoms with Crippen LogP contribution >= 0.6 is 34.4 Å². The molecule has 30 heavy (non-hydrogen) atoms. The second-order valence-corrected chi connectivity index (χ2v) is 8.77. The van der Waals surface area contributed by atoms with Crippen molar-refractivity contribution in [2.45, 2.75) is 20.5 Å². The van der Waals surface area contributed by atoms with Crippen LogP contribution in [-0.2, 0) is 11.4 Å². The number of carbonyl (C=O) groups excluding carboxylic acids is 2. The molecule has 0 aliphatic carbocycles. The smallest absolute Gasteiger partial charge is 0.293 e. The summed E-state index contributed by atoms with van der Waals surface area (Å²) in [5.74, 6) is 0.959. The van der Waals surface area contributed by atoms with Gasteiger partial charge in [0.15, 0.2) is 11.5 Å². The highest BCUT2D eigenvalue weighted by Gasteiger charge is 2.34. The molecule has 0 N–H and O–H groups in total. The molecule has 5 nitrogen and oxygen atoms in total. The summed E-state index contributed by atoms with van der Waals surface area (Å²) in [6.07, 6.45) is 3.25. The molecule has 2 amide bonds. The molecule has 1 aliphatic heterocycles. The zero-order valence-corrected chi connectivity index (χ0v) is 19.8. The van der Waals surface area contributed by atoms with Gasteiger partial charge in [-0.15, -0.1) is 6.58 Å². The van der Waals surface area contributed by atoms with Crippen LogP contribution in [0.1, 0.15) is 23.6 Å². The predicted octanol–water partition coefficient (Wildman–Crippen LogP) is 5.80. The van der Waals surface area contributed by atoms with E-state index in [0.717, 1.165) is 26.5 Å². The van der Waals surface area contributed by atoms with Gasteiger partial charge in [0, 0.05) is 6.54 Å². The highest BCUT2D eigenvalue weighted by molar-refractivity contribution is 14.1. The lowest BCUT2D eigenvalue weighted by atomic mass is 10.1. The van der Waals surface area contributed by atoms with Crippen molar-refractivity contribution in [3.63, 3.8) is 0 Å². The molecule has 0 atom stereocenters. The van der Waals surface area contributed by atoms with E-state index >= 15 is 0 Å². The molecular weight excluding hydrogens is 513 g/mol. The molecule has 0 spiro atoms. The summed E-state index contributed by atoms with van der Waals surface area (Å²) in [5, 5.41) is -0.288. The maximum absolute atomic E-state index is 12.5. The van der Waals surface area contributed by atoms with Gasteiger partial charge in [-0.2, -0.15) is 0 Å². The number of rotatable bonds is 8. The van der Waals surface area contributed by atoms with Crippen LogP contribution in [0, 0.1) is 10.5 Å². The van der Waals surface area contributed by atoms with Crippen molar-refractivity contribution in [2.24, 2.45) is 0 Å². The van der Waals surface area contributed by atoms with Gasteiger partial charge >= 0.3 is 0 Å². The fourth-order valence-corrected chi connectivity index (χ4v) is 4.48. The average Bonchev–Trinajstić information content (AvgIpc) is 2.97. The van der Waals surface area contributed by atoms with Crippen LogP contribution in [0.5, 0.6) is 11.5 Å². The van der Waals surface area contributed by atoms with E-state index in [-0.39, 0.29) is 17.7 Å². The van der Waals surface area contributed by atoms with E-state index in [4.69, 9.17) is 9.47 Å². The second kappa shape index (κ2) is 10.2. The van der Waals surface area contributed by atoms with Crippen LogP contribution in [0.4, 0.5) is 4.79 Å². The molecular formula is C23H22INO4S. The zero-order valence-electron chi connectivity index (χ0n) is 16.8. The summed E-state index contributed by atoms with van der Waals surface area (Å²) in [4.78, 5) is 26.1. The van der Waals surface area contributed by atoms with Crippen molar-refractivity contribution in [3.05, 3.63) is 74.2 Å². The van der Waals surface area contributed by atoms with Crippen molar-refractivity contribution < 1.29 is 19.1 Å². The molecule has 1 aliphatic rings. The lowest BCUT2D eigenvalue weighted by Crippen LogP contribution is -2.27. The maximum Gasteiger partial charge on any atom is 0.293 e. The molecule has 0 aromatic heterocycles. The molecule has 1 fully saturated rings. The third kappa shape index (κ3) is 5.26. The largest absolute Gasteiger partial charge is 0.490 e. The Labute approximate surface area is 194 Å². The summed E-state index contributed by atoms with van der Waals surface area (Å²) >= 11 is 3.13. The van der Waals surface area contributed by atoms with Gasteiger partial charge < -0.3 is 9.47 Å². The van der Waals surface area contributed by atoms with Crippen molar-refractivity contribution >= 4 is 51.6 Å². The van der Waals surface area contributed by atoms with Crippen LogP contribution in [0.15, 0.2) is 54.0 Å². The average molecular weight is 535 g/mol. The Morgan fingerprint density at radius 2 is 1.90 bits per heavy atom. The van der Waals surface area contributed by atoms with E-state index in [1.54, 1.807) is 6.08 Å². The van der Waals surface area contributed by atoms with Gasteiger partial charge in [0.1, 0.15) is 6.61 Å². The first-order valence-corrected chi connectivity index (χ1v) is 11.3. The van der Waals surface area contributed by atoms with E-state index < -0.39 is 0 Å². The molecule has 0 radical (unpaired) electrons. The minimum Gasteiger partial charge on any atom is -0.490 e. The summed E-state index contributed by atoms with van der Waals surface area (Å²) in [7, 11) is 0. The van der Waals surface area contributed by atoms with Crippen molar-refractivity contribution in [3.8, 4) is 11.5 Å². The van der Waals surface area contributed by atoms with E-state index in [9.17, 15) is 9.59 Å². The monoisotopic (exact) mass is 535 g/mol. The Morgan fingerprint density at radius 1 is 1.17 bits per heavy atom. The molecule has 2 aromatic rings. The molecule has 2 aromatic carbocycles. The number of hydrogen-bond acceptors (Lipinski definition) is 5. The lowest BCUT2D eigenvalue weighted by molar-refractivity contribution is -0.122. The van der Waals surface area contributed by atoms with Gasteiger partial charge in [-0.1, -0.05) is 35.9 Å². The van der Waals surface area contributed by atoms with Gasteiger partial charge in [0.2, 0.25) is 0 Å². The SMILES string of the molecule is C=CCN1C(=O)S/C(=C/c2cc(I)c(OCc3ccc(C)cc3)c(OCC)c2)C1=O. The van der Waals surface area contributed by atoms with Crippen molar-refractivity contribution in [1.29, 1.82) is 0 Å². The van der Waals surface area contributed by atoms with E-state index in [0.29, 0.717) is 29.6 Å². The van der Waals surface area contributed by atoms with Crippen LogP contribution in [0.2, 0.25) is 0 Å². The number of benzene rings is 2. The van der Waals surface area contributed by atoms with Gasteiger partial charge in [-0.25, -0.2) is 0 Å². The Balaban J connectivity index is 1.85. The fourth-order valence-electron chi connectivity index (χ4n) is 2.85. The minimum absolute atomic E-state index is 0.204. The Morgan fingerprint density at radius 3 is 2.57 bits per heavy atom. The first-order valence-electron chi connectivity index (χ1n) is 9.44. The molecule has 0 bridgehead atoms. The first-order chi connectivity index (χ1) is 14.4. The summed E-state index contributed by atoms with van der Waals surface area (Å²) < 4.78 is 12.7. The maximum atomic E-state index is 12.5. The number of carbonyl (C=O) groups is 2. The summed E-state index contributed by atoms with van der Waals surface area (Å²) in [6.45, 7) is 8.66. The number of amides is 2. The normalized spacial score (nSPS) is 15.0. The summed E-state index contributed by atoms with van der Waals surface area (Å²) in [6, 6.07) is 11.9. The molecule has 156 valence electrons. The van der Waals surface area contributed by atoms with E-state index in [1.165, 1.54) is 16.5 Å². The highest BCUT2D eigenvalue weighted by atomic mass is 127. The Bertz CT molecular complexity index is 1000. The fraction of sp³-hybridized carbons (Fsp3) is 0.217. The number of hydrogen-bond donors (Lipinski definition) is 0. The van der Waals surface area contributed by atoms with Gasteiger partial charge in [0.05, 0.1) is 15.1 Å². The third-order valence-electron chi connectivity index (χ3n) is 4.32. The highest BCUT2D eigenvalue weighted by Crippen LogP contribution is 2.37. The topological polar surface area (TPSA) is 55.8 Å². The zero-order chi connectivity index (χ0) is 21.7. The third-order valence-corrected chi connectivity index (χ3v) is 6.03. The first kappa shape index (κ1) is 22.4. The van der Waals surface area contributed by atoms with Crippen LogP contribution < -0.4 is 9.47 Å². The van der Waals surface area contributed by atoms with Gasteiger partial charge in [-0.05, 0) is 77.5 Å². The molecule has 0 saturated carbocycles. The van der Waals surface area contributed by atoms with E-state index in [2.05, 4.69) is 41.3 Å². The Kier molecular flexibility index (Phi) is 7.60. The second-order valence-electron chi connectivity index (χ2n) is 6.62. The van der Waals surface area contributed by atoms with Crippen molar-refractivity contribution in [1.82, 2.24) is 4.90 Å². The minimum atomic E-state index is -0.308. The van der Waals surface area contributed by atoms with Crippen LogP contribution in [0.25, 0.3) is 6.08 Å². The number of halogens is 1. The summed E-state index contributed by atoms with van der Waals surface area (Å²) in [5.41, 5.74) is 3.04. The quantitative estimate of drug-likeness (QED) is 0.243. The van der Waals surface area contributed by atoms with E-state index in [1.807, 2.05) is 38.1 Å². The van der Waals surface area contributed by atoms with Crippen LogP contribution in [0.3, 0.4) is 0 Å². The predicted molar refractivity (Wildman–Crippen MR) is 129 cm³/mol. The number of imide groups is 1.